The lowest BCUT2D eigenvalue weighted by atomic mass is 10.1. The van der Waals surface area contributed by atoms with Crippen LogP contribution in [0, 0.1) is 17.1 Å². The van der Waals surface area contributed by atoms with Gasteiger partial charge in [0.2, 0.25) is 5.91 Å². The number of anilines is 2. The maximum atomic E-state index is 14.3. The monoisotopic (exact) mass is 454 g/mol. The van der Waals surface area contributed by atoms with Gasteiger partial charge in [-0.25, -0.2) is 14.0 Å². The van der Waals surface area contributed by atoms with Crippen molar-refractivity contribution in [2.24, 2.45) is 0 Å². The Balaban J connectivity index is 1.61. The van der Waals surface area contributed by atoms with Crippen LogP contribution in [0.15, 0.2) is 36.4 Å². The van der Waals surface area contributed by atoms with Gasteiger partial charge >= 0.3 is 11.9 Å². The highest BCUT2D eigenvalue weighted by Gasteiger charge is 2.22. The Labute approximate surface area is 190 Å². The van der Waals surface area contributed by atoms with Crippen LogP contribution in [0.4, 0.5) is 15.8 Å². The summed E-state index contributed by atoms with van der Waals surface area (Å²) in [5.41, 5.74) is 1.16. The maximum absolute atomic E-state index is 14.3. The third-order valence-electron chi connectivity index (χ3n) is 5.22. The van der Waals surface area contributed by atoms with Gasteiger partial charge in [0.15, 0.2) is 0 Å². The van der Waals surface area contributed by atoms with Crippen LogP contribution in [0.25, 0.3) is 0 Å². The molecule has 33 heavy (non-hydrogen) atoms. The number of amides is 1. The standard InChI is InChI=1S/C23H23FN4O5/c1-32-22(30)16-10-17(23(31)33-2)12-18(11-16)26-21(29)14-27-5-7-28(8-6-27)20-4-3-15(13-25)9-19(20)24/h3-4,9-12H,5-8,14H2,1-2H3,(H,26,29). The Bertz CT molecular complexity index is 1070. The summed E-state index contributed by atoms with van der Waals surface area (Å²) in [4.78, 5) is 40.1. The van der Waals surface area contributed by atoms with Crippen LogP contribution in [-0.4, -0.2) is 69.7 Å². The minimum atomic E-state index is -0.651. The molecule has 0 saturated carbocycles. The Hall–Kier alpha value is -3.97. The molecule has 0 spiro atoms. The van der Waals surface area contributed by atoms with Gasteiger partial charge < -0.3 is 19.7 Å². The van der Waals surface area contributed by atoms with E-state index in [9.17, 15) is 18.8 Å². The van der Waals surface area contributed by atoms with E-state index in [-0.39, 0.29) is 34.8 Å². The predicted octanol–water partition coefficient (Wildman–Crippen LogP) is 2.03. The molecule has 1 saturated heterocycles. The van der Waals surface area contributed by atoms with Gasteiger partial charge in [0.05, 0.1) is 49.2 Å². The van der Waals surface area contributed by atoms with Gasteiger partial charge in [-0.1, -0.05) is 0 Å². The number of nitriles is 1. The molecule has 1 amide bonds. The molecule has 2 aromatic carbocycles. The molecule has 0 radical (unpaired) electrons. The minimum Gasteiger partial charge on any atom is -0.465 e. The summed E-state index contributed by atoms with van der Waals surface area (Å²) in [6, 6.07) is 10.4. The number of nitrogens with one attached hydrogen (secondary N) is 1. The summed E-state index contributed by atoms with van der Waals surface area (Å²) in [5.74, 6) is -2.08. The number of rotatable bonds is 6. The fourth-order valence-electron chi connectivity index (χ4n) is 3.55. The molecule has 3 rings (SSSR count). The number of ether oxygens (including phenoxy) is 2. The van der Waals surface area contributed by atoms with Crippen LogP contribution in [0.2, 0.25) is 0 Å². The highest BCUT2D eigenvalue weighted by molar-refractivity contribution is 5.99. The van der Waals surface area contributed by atoms with Crippen molar-refractivity contribution < 1.29 is 28.2 Å². The second-order valence-electron chi connectivity index (χ2n) is 7.37. The zero-order chi connectivity index (χ0) is 24.0. The number of halogens is 1. The van der Waals surface area contributed by atoms with Crippen LogP contribution < -0.4 is 10.2 Å². The summed E-state index contributed by atoms with van der Waals surface area (Å²) >= 11 is 0. The highest BCUT2D eigenvalue weighted by atomic mass is 19.1. The summed E-state index contributed by atoms with van der Waals surface area (Å²) in [5, 5.41) is 11.6. The first kappa shape index (κ1) is 23.7. The second kappa shape index (κ2) is 10.6. The summed E-state index contributed by atoms with van der Waals surface area (Å²) in [7, 11) is 2.43. The van der Waals surface area contributed by atoms with E-state index in [1.54, 1.807) is 12.1 Å². The van der Waals surface area contributed by atoms with Gasteiger partial charge in [0, 0.05) is 31.9 Å². The number of carbonyl (C=O) groups is 3. The minimum absolute atomic E-state index is 0.0830. The maximum Gasteiger partial charge on any atom is 0.337 e. The molecule has 0 unspecified atom stereocenters. The third-order valence-corrected chi connectivity index (χ3v) is 5.22. The van der Waals surface area contributed by atoms with E-state index in [4.69, 9.17) is 14.7 Å². The van der Waals surface area contributed by atoms with E-state index in [0.29, 0.717) is 31.9 Å². The van der Waals surface area contributed by atoms with Crippen molar-refractivity contribution in [1.82, 2.24) is 4.90 Å². The Morgan fingerprint density at radius 2 is 1.61 bits per heavy atom. The Morgan fingerprint density at radius 3 is 2.12 bits per heavy atom. The van der Waals surface area contributed by atoms with Gasteiger partial charge in [-0.3, -0.25) is 9.69 Å². The molecule has 0 aromatic heterocycles. The molecule has 1 fully saturated rings. The third kappa shape index (κ3) is 5.84. The molecule has 1 aliphatic rings. The number of hydrogen-bond donors (Lipinski definition) is 1. The molecule has 0 atom stereocenters. The SMILES string of the molecule is COC(=O)c1cc(NC(=O)CN2CCN(c3ccc(C#N)cc3F)CC2)cc(C(=O)OC)c1. The number of nitrogens with zero attached hydrogens (tertiary/aromatic N) is 3. The average molecular weight is 454 g/mol. The second-order valence-corrected chi connectivity index (χ2v) is 7.37. The van der Waals surface area contributed by atoms with Crippen molar-refractivity contribution in [3.63, 3.8) is 0 Å². The first-order valence-electron chi connectivity index (χ1n) is 10.1. The molecule has 0 aliphatic carbocycles. The smallest absolute Gasteiger partial charge is 0.337 e. The van der Waals surface area contributed by atoms with Crippen LogP contribution in [0.3, 0.4) is 0 Å². The number of methoxy groups -OCH3 is 2. The first-order chi connectivity index (χ1) is 15.8. The topological polar surface area (TPSA) is 112 Å². The molecule has 9 nitrogen and oxygen atoms in total. The molecule has 1 aliphatic heterocycles. The highest BCUT2D eigenvalue weighted by Crippen LogP contribution is 2.22. The first-order valence-corrected chi connectivity index (χ1v) is 10.1. The lowest BCUT2D eigenvalue weighted by molar-refractivity contribution is -0.117. The van der Waals surface area contributed by atoms with Crippen molar-refractivity contribution in [1.29, 1.82) is 5.26 Å². The molecule has 172 valence electrons. The molecular weight excluding hydrogens is 431 g/mol. The normalized spacial score (nSPS) is 13.7. The number of piperazine rings is 1. The van der Waals surface area contributed by atoms with Crippen molar-refractivity contribution >= 4 is 29.2 Å². The number of esters is 2. The summed E-state index contributed by atoms with van der Waals surface area (Å²) in [6.07, 6.45) is 0. The lowest BCUT2D eigenvalue weighted by Gasteiger charge is -2.35. The lowest BCUT2D eigenvalue weighted by Crippen LogP contribution is -2.48. The van der Waals surface area contributed by atoms with Gasteiger partial charge in [0.1, 0.15) is 5.82 Å². The van der Waals surface area contributed by atoms with E-state index in [2.05, 4.69) is 5.32 Å². The Kier molecular flexibility index (Phi) is 7.58. The van der Waals surface area contributed by atoms with E-state index in [1.807, 2.05) is 15.9 Å². The van der Waals surface area contributed by atoms with Crippen molar-refractivity contribution in [2.45, 2.75) is 0 Å². The van der Waals surface area contributed by atoms with Crippen LogP contribution >= 0.6 is 0 Å². The molecule has 10 heteroatoms. The largest absolute Gasteiger partial charge is 0.465 e. The van der Waals surface area contributed by atoms with E-state index in [1.165, 1.54) is 38.5 Å². The van der Waals surface area contributed by atoms with E-state index >= 15 is 0 Å². The van der Waals surface area contributed by atoms with Gasteiger partial charge in [0.25, 0.3) is 0 Å². The van der Waals surface area contributed by atoms with Gasteiger partial charge in [-0.05, 0) is 36.4 Å². The average Bonchev–Trinajstić information content (AvgIpc) is 2.83. The van der Waals surface area contributed by atoms with Crippen LogP contribution in [-0.2, 0) is 14.3 Å². The molecule has 0 bridgehead atoms. The molecular formula is C23H23FN4O5. The zero-order valence-electron chi connectivity index (χ0n) is 18.3. The molecule has 2 aromatic rings. The fourth-order valence-corrected chi connectivity index (χ4v) is 3.55. The fraction of sp³-hybridized carbons (Fsp3) is 0.304. The van der Waals surface area contributed by atoms with Crippen molar-refractivity contribution in [3.8, 4) is 6.07 Å². The number of benzene rings is 2. The summed E-state index contributed by atoms with van der Waals surface area (Å²) < 4.78 is 23.7. The number of carbonyl (C=O) groups excluding carboxylic acids is 3. The van der Waals surface area contributed by atoms with Crippen molar-refractivity contribution in [2.75, 3.05) is 57.2 Å². The van der Waals surface area contributed by atoms with Crippen LogP contribution in [0.5, 0.6) is 0 Å². The zero-order valence-corrected chi connectivity index (χ0v) is 18.3. The summed E-state index contributed by atoms with van der Waals surface area (Å²) in [6.45, 7) is 2.17. The van der Waals surface area contributed by atoms with Crippen molar-refractivity contribution in [3.05, 3.63) is 58.9 Å². The molecule has 1 heterocycles. The van der Waals surface area contributed by atoms with Gasteiger partial charge in [-0.2, -0.15) is 5.26 Å². The van der Waals surface area contributed by atoms with Gasteiger partial charge in [-0.15, -0.1) is 0 Å². The van der Waals surface area contributed by atoms with E-state index < -0.39 is 17.8 Å². The molecule has 1 N–H and O–H groups in total. The quantitative estimate of drug-likeness (QED) is 0.660. The number of hydrogen-bond acceptors (Lipinski definition) is 8. The van der Waals surface area contributed by atoms with E-state index in [0.717, 1.165) is 0 Å². The van der Waals surface area contributed by atoms with Crippen LogP contribution in [0.1, 0.15) is 26.3 Å². The predicted molar refractivity (Wildman–Crippen MR) is 118 cm³/mol. The Morgan fingerprint density at radius 1 is 1.00 bits per heavy atom.